The van der Waals surface area contributed by atoms with Crippen molar-refractivity contribution in [2.24, 2.45) is 0 Å². The van der Waals surface area contributed by atoms with Crippen LogP contribution in [0.5, 0.6) is 11.5 Å². The van der Waals surface area contributed by atoms with Crippen LogP contribution in [0.15, 0.2) is 48.5 Å². The van der Waals surface area contributed by atoms with E-state index in [4.69, 9.17) is 4.74 Å². The molecule has 0 atom stereocenters. The molecule has 0 aliphatic rings. The van der Waals surface area contributed by atoms with Crippen LogP contribution in [-0.2, 0) is 0 Å². The molecule has 0 saturated carbocycles. The Morgan fingerprint density at radius 3 is 2.47 bits per heavy atom. The first kappa shape index (κ1) is 10.4. The molecule has 0 spiro atoms. The maximum Gasteiger partial charge on any atom is 0.126 e. The highest BCUT2D eigenvalue weighted by atomic mass is 16.5. The molecule has 2 heteroatoms. The number of hydrogen-bond donors (Lipinski definition) is 1. The average Bonchev–Trinajstić information content (AvgIpc) is 2.45. The second kappa shape index (κ2) is 3.51. The van der Waals surface area contributed by atoms with E-state index in [1.54, 1.807) is 7.11 Å². The highest BCUT2D eigenvalue weighted by Crippen LogP contribution is 2.41. The van der Waals surface area contributed by atoms with E-state index in [1.807, 2.05) is 30.3 Å². The SMILES string of the molecule is COc1ccc2cc(O)c3cccc4ccc1c2c43. The number of hydrogen-bond acceptors (Lipinski definition) is 2. The standard InChI is InChI=1S/C17H12O2/c1-19-15-8-6-11-9-14(18)12-4-2-3-10-5-7-13(15)17(11)16(10)12/h2-9,18H,1H3. The fourth-order valence-corrected chi connectivity index (χ4v) is 2.96. The molecular weight excluding hydrogens is 236 g/mol. The fourth-order valence-electron chi connectivity index (χ4n) is 2.96. The minimum absolute atomic E-state index is 0.329. The number of benzene rings is 4. The minimum Gasteiger partial charge on any atom is -0.507 e. The van der Waals surface area contributed by atoms with Gasteiger partial charge >= 0.3 is 0 Å². The van der Waals surface area contributed by atoms with Crippen LogP contribution in [0.1, 0.15) is 0 Å². The van der Waals surface area contributed by atoms with Crippen LogP contribution in [-0.4, -0.2) is 12.2 Å². The molecule has 4 aromatic carbocycles. The van der Waals surface area contributed by atoms with E-state index >= 15 is 0 Å². The molecule has 0 saturated heterocycles. The lowest BCUT2D eigenvalue weighted by molar-refractivity contribution is 0.420. The van der Waals surface area contributed by atoms with Gasteiger partial charge in [-0.05, 0) is 29.0 Å². The van der Waals surface area contributed by atoms with Gasteiger partial charge in [0.25, 0.3) is 0 Å². The summed E-state index contributed by atoms with van der Waals surface area (Å²) >= 11 is 0. The van der Waals surface area contributed by atoms with Crippen molar-refractivity contribution in [3.05, 3.63) is 48.5 Å². The lowest BCUT2D eigenvalue weighted by atomic mass is 9.93. The summed E-state index contributed by atoms with van der Waals surface area (Å²) in [6.45, 7) is 0. The molecule has 19 heavy (non-hydrogen) atoms. The van der Waals surface area contributed by atoms with Crippen LogP contribution in [0.25, 0.3) is 32.3 Å². The highest BCUT2D eigenvalue weighted by Gasteiger charge is 2.13. The molecule has 4 aromatic rings. The van der Waals surface area contributed by atoms with Gasteiger partial charge in [-0.2, -0.15) is 0 Å². The van der Waals surface area contributed by atoms with E-state index in [-0.39, 0.29) is 0 Å². The van der Waals surface area contributed by atoms with Crippen molar-refractivity contribution >= 4 is 32.3 Å². The van der Waals surface area contributed by atoms with Crippen molar-refractivity contribution in [3.8, 4) is 11.5 Å². The molecule has 2 nitrogen and oxygen atoms in total. The molecule has 0 aliphatic heterocycles. The predicted octanol–water partition coefficient (Wildman–Crippen LogP) is 4.30. The van der Waals surface area contributed by atoms with Crippen LogP contribution in [0.4, 0.5) is 0 Å². The molecule has 0 bridgehead atoms. The topological polar surface area (TPSA) is 29.5 Å². The summed E-state index contributed by atoms with van der Waals surface area (Å²) in [6, 6.07) is 15.9. The monoisotopic (exact) mass is 248 g/mol. The Balaban J connectivity index is 2.41. The Labute approximate surface area is 110 Å². The van der Waals surface area contributed by atoms with Gasteiger partial charge in [0.2, 0.25) is 0 Å². The van der Waals surface area contributed by atoms with Gasteiger partial charge in [0.05, 0.1) is 7.11 Å². The Morgan fingerprint density at radius 1 is 0.842 bits per heavy atom. The first-order chi connectivity index (χ1) is 9.29. The van der Waals surface area contributed by atoms with Gasteiger partial charge in [-0.3, -0.25) is 0 Å². The van der Waals surface area contributed by atoms with Crippen molar-refractivity contribution in [2.45, 2.75) is 0 Å². The van der Waals surface area contributed by atoms with Gasteiger partial charge < -0.3 is 9.84 Å². The minimum atomic E-state index is 0.329. The van der Waals surface area contributed by atoms with E-state index in [1.165, 1.54) is 0 Å². The molecule has 0 radical (unpaired) electrons. The first-order valence-corrected chi connectivity index (χ1v) is 6.23. The van der Waals surface area contributed by atoms with Gasteiger partial charge in [0, 0.05) is 21.5 Å². The third-order valence-electron chi connectivity index (χ3n) is 3.80. The second-order valence-corrected chi connectivity index (χ2v) is 4.78. The van der Waals surface area contributed by atoms with E-state index in [0.717, 1.165) is 38.1 Å². The zero-order valence-electron chi connectivity index (χ0n) is 10.5. The normalized spacial score (nSPS) is 11.6. The Hall–Kier alpha value is -2.48. The fraction of sp³-hybridized carbons (Fsp3) is 0.0588. The summed E-state index contributed by atoms with van der Waals surface area (Å²) in [7, 11) is 1.68. The third kappa shape index (κ3) is 1.26. The molecule has 0 aromatic heterocycles. The quantitative estimate of drug-likeness (QED) is 0.509. The van der Waals surface area contributed by atoms with E-state index in [0.29, 0.717) is 5.75 Å². The maximum atomic E-state index is 10.2. The largest absolute Gasteiger partial charge is 0.507 e. The second-order valence-electron chi connectivity index (χ2n) is 4.78. The molecule has 0 amide bonds. The highest BCUT2D eigenvalue weighted by molar-refractivity contribution is 6.25. The van der Waals surface area contributed by atoms with Crippen molar-refractivity contribution < 1.29 is 9.84 Å². The van der Waals surface area contributed by atoms with Crippen molar-refractivity contribution in [2.75, 3.05) is 7.11 Å². The molecule has 0 heterocycles. The van der Waals surface area contributed by atoms with Crippen LogP contribution in [0, 0.1) is 0 Å². The summed E-state index contributed by atoms with van der Waals surface area (Å²) in [6.07, 6.45) is 0. The zero-order valence-corrected chi connectivity index (χ0v) is 10.5. The predicted molar refractivity (Wildman–Crippen MR) is 78.4 cm³/mol. The van der Waals surface area contributed by atoms with Crippen molar-refractivity contribution in [1.82, 2.24) is 0 Å². The molecule has 1 N–H and O–H groups in total. The van der Waals surface area contributed by atoms with Crippen LogP contribution in [0.3, 0.4) is 0 Å². The van der Waals surface area contributed by atoms with E-state index in [9.17, 15) is 5.11 Å². The number of methoxy groups -OCH3 is 1. The van der Waals surface area contributed by atoms with Gasteiger partial charge in [-0.15, -0.1) is 0 Å². The summed E-state index contributed by atoms with van der Waals surface area (Å²) in [4.78, 5) is 0. The van der Waals surface area contributed by atoms with Crippen LogP contribution in [0.2, 0.25) is 0 Å². The molecule has 0 aliphatic carbocycles. The molecular formula is C17H12O2. The lowest BCUT2D eigenvalue weighted by Gasteiger charge is -2.14. The Bertz CT molecular complexity index is 909. The summed E-state index contributed by atoms with van der Waals surface area (Å²) < 4.78 is 5.44. The molecule has 0 unspecified atom stereocenters. The Morgan fingerprint density at radius 2 is 1.63 bits per heavy atom. The Kier molecular flexibility index (Phi) is 1.93. The smallest absolute Gasteiger partial charge is 0.126 e. The summed E-state index contributed by atoms with van der Waals surface area (Å²) in [5, 5.41) is 16.6. The van der Waals surface area contributed by atoms with Gasteiger partial charge in [0.1, 0.15) is 11.5 Å². The third-order valence-corrected chi connectivity index (χ3v) is 3.80. The number of phenolic OH excluding ortho intramolecular Hbond substituents is 1. The van der Waals surface area contributed by atoms with Crippen molar-refractivity contribution in [1.29, 1.82) is 0 Å². The lowest BCUT2D eigenvalue weighted by Crippen LogP contribution is -1.88. The number of rotatable bonds is 1. The number of aromatic hydroxyl groups is 1. The molecule has 92 valence electrons. The van der Waals surface area contributed by atoms with Gasteiger partial charge in [0.15, 0.2) is 0 Å². The summed E-state index contributed by atoms with van der Waals surface area (Å²) in [5.74, 6) is 1.20. The average molecular weight is 248 g/mol. The molecule has 0 fully saturated rings. The number of ether oxygens (including phenoxy) is 1. The van der Waals surface area contributed by atoms with Crippen molar-refractivity contribution in [3.63, 3.8) is 0 Å². The maximum absolute atomic E-state index is 10.2. The molecule has 4 rings (SSSR count). The van der Waals surface area contributed by atoms with Crippen LogP contribution < -0.4 is 4.74 Å². The van der Waals surface area contributed by atoms with E-state index < -0.39 is 0 Å². The first-order valence-electron chi connectivity index (χ1n) is 6.23. The summed E-state index contributed by atoms with van der Waals surface area (Å²) in [5.41, 5.74) is 0. The number of phenols is 1. The van der Waals surface area contributed by atoms with Gasteiger partial charge in [-0.1, -0.05) is 30.3 Å². The zero-order chi connectivity index (χ0) is 13.0. The van der Waals surface area contributed by atoms with Crippen LogP contribution >= 0.6 is 0 Å². The van der Waals surface area contributed by atoms with E-state index in [2.05, 4.69) is 18.2 Å². The van der Waals surface area contributed by atoms with Gasteiger partial charge in [-0.25, -0.2) is 0 Å².